The number of fused-ring (bicyclic) bond motifs is 1. The van der Waals surface area contributed by atoms with Gasteiger partial charge in [0.15, 0.2) is 0 Å². The van der Waals surface area contributed by atoms with Gasteiger partial charge in [0.2, 0.25) is 0 Å². The summed E-state index contributed by atoms with van der Waals surface area (Å²) in [5.74, 6) is 0. The Morgan fingerprint density at radius 3 is 3.00 bits per heavy atom. The van der Waals surface area contributed by atoms with Crippen LogP contribution < -0.4 is 0 Å². The topological polar surface area (TPSA) is 28.7 Å². The summed E-state index contributed by atoms with van der Waals surface area (Å²) in [5, 5.41) is 10.1. The number of hydrogen-bond acceptors (Lipinski definition) is 1. The van der Waals surface area contributed by atoms with Gasteiger partial charge in [0.25, 0.3) is 0 Å². The molecule has 0 atom stereocenters. The van der Waals surface area contributed by atoms with E-state index in [0.717, 1.165) is 17.4 Å². The summed E-state index contributed by atoms with van der Waals surface area (Å²) in [6.45, 7) is 4.43. The van der Waals surface area contributed by atoms with Gasteiger partial charge in [0.1, 0.15) is 6.07 Å². The number of aromatic nitrogens is 1. The summed E-state index contributed by atoms with van der Waals surface area (Å²) in [5.41, 5.74) is 1.71. The van der Waals surface area contributed by atoms with E-state index in [1.54, 1.807) is 0 Å². The van der Waals surface area contributed by atoms with E-state index in [-0.39, 0.29) is 0 Å². The number of hydrogen-bond donors (Lipinski definition) is 0. The molecule has 2 nitrogen and oxygen atoms in total. The van der Waals surface area contributed by atoms with Gasteiger partial charge in [-0.1, -0.05) is 18.2 Å². The molecular weight excluding hydrogens is 172 g/mol. The molecule has 0 N–H and O–H groups in total. The predicted molar refractivity (Wildman–Crippen MR) is 56.9 cm³/mol. The maximum absolute atomic E-state index is 8.96. The van der Waals surface area contributed by atoms with Crippen LogP contribution in [0.3, 0.4) is 0 Å². The normalized spacial score (nSPS) is 9.93. The number of para-hydroxylation sites is 1. The standard InChI is InChI=1S/C12H10N2/c1-2-7-14-8-6-10-4-3-5-11(9-13)12(10)14/h2-6,8H,1,7H2. The third kappa shape index (κ3) is 1.20. The Hall–Kier alpha value is -2.01. The van der Waals surface area contributed by atoms with Gasteiger partial charge in [-0.25, -0.2) is 0 Å². The van der Waals surface area contributed by atoms with Crippen LogP contribution in [0.5, 0.6) is 0 Å². The van der Waals surface area contributed by atoms with Gasteiger partial charge in [0.05, 0.1) is 11.1 Å². The molecule has 0 saturated carbocycles. The summed E-state index contributed by atoms with van der Waals surface area (Å²) in [6.07, 6.45) is 3.81. The highest BCUT2D eigenvalue weighted by molar-refractivity contribution is 5.85. The van der Waals surface area contributed by atoms with E-state index in [4.69, 9.17) is 5.26 Å². The van der Waals surface area contributed by atoms with Crippen LogP contribution in [-0.2, 0) is 6.54 Å². The highest BCUT2D eigenvalue weighted by atomic mass is 14.9. The second-order valence-corrected chi connectivity index (χ2v) is 3.11. The first-order valence-electron chi connectivity index (χ1n) is 4.45. The molecule has 1 aromatic carbocycles. The Balaban J connectivity index is 2.75. The van der Waals surface area contributed by atoms with Crippen molar-refractivity contribution in [1.82, 2.24) is 4.57 Å². The van der Waals surface area contributed by atoms with Crippen LogP contribution in [0.1, 0.15) is 5.56 Å². The zero-order valence-electron chi connectivity index (χ0n) is 7.77. The second-order valence-electron chi connectivity index (χ2n) is 3.11. The minimum absolute atomic E-state index is 0.717. The highest BCUT2D eigenvalue weighted by Crippen LogP contribution is 2.19. The number of benzene rings is 1. The summed E-state index contributed by atoms with van der Waals surface area (Å²) >= 11 is 0. The van der Waals surface area contributed by atoms with Gasteiger partial charge in [-0.05, 0) is 12.1 Å². The number of allylic oxidation sites excluding steroid dienone is 1. The molecule has 14 heavy (non-hydrogen) atoms. The van der Waals surface area contributed by atoms with E-state index < -0.39 is 0 Å². The molecule has 0 aliphatic rings. The van der Waals surface area contributed by atoms with E-state index in [1.165, 1.54) is 0 Å². The SMILES string of the molecule is C=CCn1ccc2cccc(C#N)c21. The molecule has 0 radical (unpaired) electrons. The molecule has 68 valence electrons. The maximum atomic E-state index is 8.96. The fraction of sp³-hybridized carbons (Fsp3) is 0.0833. The van der Waals surface area contributed by atoms with Gasteiger partial charge in [-0.3, -0.25) is 0 Å². The summed E-state index contributed by atoms with van der Waals surface area (Å²) in [6, 6.07) is 9.96. The molecule has 2 heteroatoms. The lowest BCUT2D eigenvalue weighted by atomic mass is 10.1. The van der Waals surface area contributed by atoms with Gasteiger partial charge >= 0.3 is 0 Å². The van der Waals surface area contributed by atoms with E-state index in [2.05, 4.69) is 12.6 Å². The van der Waals surface area contributed by atoms with Gasteiger partial charge in [-0.15, -0.1) is 6.58 Å². The van der Waals surface area contributed by atoms with E-state index >= 15 is 0 Å². The first-order valence-corrected chi connectivity index (χ1v) is 4.45. The van der Waals surface area contributed by atoms with Crippen LogP contribution in [0.2, 0.25) is 0 Å². The Kier molecular flexibility index (Phi) is 2.08. The van der Waals surface area contributed by atoms with Crippen LogP contribution in [0.15, 0.2) is 43.1 Å². The molecule has 1 aromatic heterocycles. The zero-order valence-corrected chi connectivity index (χ0v) is 7.77. The van der Waals surface area contributed by atoms with Gasteiger partial charge in [-0.2, -0.15) is 5.26 Å². The lowest BCUT2D eigenvalue weighted by Gasteiger charge is -2.02. The molecule has 0 aliphatic carbocycles. The molecule has 2 aromatic rings. The van der Waals surface area contributed by atoms with Crippen LogP contribution in [0.4, 0.5) is 0 Å². The van der Waals surface area contributed by atoms with Crippen LogP contribution >= 0.6 is 0 Å². The molecule has 2 rings (SSSR count). The largest absolute Gasteiger partial charge is 0.343 e. The Morgan fingerprint density at radius 1 is 1.43 bits per heavy atom. The quantitative estimate of drug-likeness (QED) is 0.656. The van der Waals surface area contributed by atoms with E-state index in [1.807, 2.05) is 41.1 Å². The fourth-order valence-electron chi connectivity index (χ4n) is 1.64. The van der Waals surface area contributed by atoms with Crippen molar-refractivity contribution in [2.45, 2.75) is 6.54 Å². The van der Waals surface area contributed by atoms with Crippen molar-refractivity contribution >= 4 is 10.9 Å². The first-order chi connectivity index (χ1) is 6.86. The third-order valence-electron chi connectivity index (χ3n) is 2.23. The molecule has 0 bridgehead atoms. The minimum atomic E-state index is 0.717. The summed E-state index contributed by atoms with van der Waals surface area (Å²) in [7, 11) is 0. The maximum Gasteiger partial charge on any atom is 0.101 e. The first kappa shape index (κ1) is 8.58. The smallest absolute Gasteiger partial charge is 0.101 e. The van der Waals surface area contributed by atoms with Crippen LogP contribution in [0, 0.1) is 11.3 Å². The number of nitrogens with zero attached hydrogens (tertiary/aromatic N) is 2. The second kappa shape index (κ2) is 3.39. The minimum Gasteiger partial charge on any atom is -0.343 e. The monoisotopic (exact) mass is 182 g/mol. The molecule has 0 saturated heterocycles. The van der Waals surface area contributed by atoms with Crippen molar-refractivity contribution in [1.29, 1.82) is 5.26 Å². The fourth-order valence-corrected chi connectivity index (χ4v) is 1.64. The zero-order chi connectivity index (χ0) is 9.97. The predicted octanol–water partition coefficient (Wildman–Crippen LogP) is 2.70. The molecule has 0 spiro atoms. The molecule has 0 aliphatic heterocycles. The van der Waals surface area contributed by atoms with Crippen molar-refractivity contribution in [2.24, 2.45) is 0 Å². The van der Waals surface area contributed by atoms with Crippen molar-refractivity contribution in [2.75, 3.05) is 0 Å². The Bertz CT molecular complexity index is 515. The van der Waals surface area contributed by atoms with E-state index in [0.29, 0.717) is 5.56 Å². The molecule has 1 heterocycles. The molecule has 0 unspecified atom stereocenters. The van der Waals surface area contributed by atoms with Crippen LogP contribution in [-0.4, -0.2) is 4.57 Å². The van der Waals surface area contributed by atoms with Crippen LogP contribution in [0.25, 0.3) is 10.9 Å². The van der Waals surface area contributed by atoms with Crippen molar-refractivity contribution in [3.05, 3.63) is 48.7 Å². The average molecular weight is 182 g/mol. The molecule has 0 fully saturated rings. The lowest BCUT2D eigenvalue weighted by molar-refractivity contribution is 0.864. The average Bonchev–Trinajstić information content (AvgIpc) is 2.62. The van der Waals surface area contributed by atoms with Crippen molar-refractivity contribution < 1.29 is 0 Å². The van der Waals surface area contributed by atoms with Crippen molar-refractivity contribution in [3.63, 3.8) is 0 Å². The summed E-state index contributed by atoms with van der Waals surface area (Å²) < 4.78 is 2.03. The Labute approximate surface area is 82.7 Å². The summed E-state index contributed by atoms with van der Waals surface area (Å²) in [4.78, 5) is 0. The van der Waals surface area contributed by atoms with Gasteiger partial charge < -0.3 is 4.57 Å². The lowest BCUT2D eigenvalue weighted by Crippen LogP contribution is -1.93. The van der Waals surface area contributed by atoms with Crippen molar-refractivity contribution in [3.8, 4) is 6.07 Å². The molecule has 0 amide bonds. The number of nitriles is 1. The highest BCUT2D eigenvalue weighted by Gasteiger charge is 2.04. The number of rotatable bonds is 2. The van der Waals surface area contributed by atoms with E-state index in [9.17, 15) is 0 Å². The Morgan fingerprint density at radius 2 is 2.29 bits per heavy atom. The third-order valence-corrected chi connectivity index (χ3v) is 2.23. The van der Waals surface area contributed by atoms with Gasteiger partial charge in [0, 0.05) is 18.1 Å². The molecular formula is C12H10N2.